The quantitative estimate of drug-likeness (QED) is 0.770. The first-order chi connectivity index (χ1) is 11.7. The van der Waals surface area contributed by atoms with Gasteiger partial charge in [0, 0.05) is 11.9 Å². The van der Waals surface area contributed by atoms with E-state index in [9.17, 15) is 4.79 Å². The Balaban J connectivity index is 1.51. The molecule has 1 saturated carbocycles. The number of amides is 2. The zero-order valence-corrected chi connectivity index (χ0v) is 14.5. The van der Waals surface area contributed by atoms with Crippen molar-refractivity contribution in [2.24, 2.45) is 11.7 Å². The average Bonchev–Trinajstić information content (AvgIpc) is 3.09. The maximum absolute atomic E-state index is 12.0. The van der Waals surface area contributed by atoms with Gasteiger partial charge in [-0.2, -0.15) is 0 Å². The number of urea groups is 1. The molecule has 1 unspecified atom stereocenters. The lowest BCUT2D eigenvalue weighted by Crippen LogP contribution is -2.33. The molecule has 2 aromatic rings. The smallest absolute Gasteiger partial charge is 0.321 e. The summed E-state index contributed by atoms with van der Waals surface area (Å²) in [5.41, 5.74) is 8.01. The van der Waals surface area contributed by atoms with Crippen LogP contribution in [0.15, 0.2) is 35.7 Å². The minimum Gasteiger partial charge on any atom is -0.338 e. The van der Waals surface area contributed by atoms with Crippen molar-refractivity contribution in [2.75, 3.05) is 11.9 Å². The summed E-state index contributed by atoms with van der Waals surface area (Å²) in [5.74, 6) is 0.614. The van der Waals surface area contributed by atoms with Crippen molar-refractivity contribution in [1.82, 2.24) is 10.3 Å². The van der Waals surface area contributed by atoms with Crippen molar-refractivity contribution in [3.05, 3.63) is 47.0 Å². The van der Waals surface area contributed by atoms with Crippen LogP contribution in [0, 0.1) is 5.92 Å². The second-order valence-electron chi connectivity index (χ2n) is 6.30. The minimum atomic E-state index is -0.275. The Bertz CT molecular complexity index is 652. The third-order valence-corrected chi connectivity index (χ3v) is 5.27. The lowest BCUT2D eigenvalue weighted by molar-refractivity contribution is 0.247. The number of nitrogens with one attached hydrogen (secondary N) is 2. The summed E-state index contributed by atoms with van der Waals surface area (Å²) in [4.78, 5) is 16.5. The molecule has 1 heterocycles. The molecular weight excluding hydrogens is 320 g/mol. The minimum absolute atomic E-state index is 0.185. The number of nitrogens with zero attached hydrogens (tertiary/aromatic N) is 1. The number of hydrogen-bond acceptors (Lipinski definition) is 4. The van der Waals surface area contributed by atoms with Crippen LogP contribution in [0.2, 0.25) is 0 Å². The van der Waals surface area contributed by atoms with Crippen molar-refractivity contribution < 1.29 is 4.79 Å². The average molecular weight is 344 g/mol. The molecule has 0 saturated heterocycles. The van der Waals surface area contributed by atoms with Gasteiger partial charge in [-0.3, -0.25) is 5.32 Å². The normalized spacial score (nSPS) is 16.5. The predicted octanol–water partition coefficient (Wildman–Crippen LogP) is 3.89. The van der Waals surface area contributed by atoms with E-state index in [-0.39, 0.29) is 12.1 Å². The lowest BCUT2D eigenvalue weighted by Gasteiger charge is -2.21. The Kier molecular flexibility index (Phi) is 5.82. The summed E-state index contributed by atoms with van der Waals surface area (Å²) in [6, 6.07) is 9.37. The Morgan fingerprint density at radius 1 is 1.25 bits per heavy atom. The molecular formula is C18H24N4OS. The molecule has 3 rings (SSSR count). The number of anilines is 1. The molecule has 1 aliphatic carbocycles. The molecule has 0 aliphatic heterocycles. The maximum Gasteiger partial charge on any atom is 0.321 e. The molecule has 1 atom stereocenters. The fraction of sp³-hybridized carbons (Fsp3) is 0.444. The molecule has 4 N–H and O–H groups in total. The van der Waals surface area contributed by atoms with E-state index >= 15 is 0 Å². The van der Waals surface area contributed by atoms with E-state index in [2.05, 4.69) is 15.6 Å². The largest absolute Gasteiger partial charge is 0.338 e. The summed E-state index contributed by atoms with van der Waals surface area (Å²) in [5, 5.41) is 8.24. The molecule has 1 fully saturated rings. The molecule has 0 radical (unpaired) electrons. The summed E-state index contributed by atoms with van der Waals surface area (Å²) in [6.45, 7) is 0.744. The molecule has 5 nitrogen and oxygen atoms in total. The predicted molar refractivity (Wildman–Crippen MR) is 98.2 cm³/mol. The van der Waals surface area contributed by atoms with Crippen LogP contribution in [0.4, 0.5) is 9.93 Å². The fourth-order valence-electron chi connectivity index (χ4n) is 3.09. The molecule has 24 heavy (non-hydrogen) atoms. The van der Waals surface area contributed by atoms with E-state index in [1.807, 2.05) is 35.7 Å². The number of thiazole rings is 1. The SMILES string of the molecule is NC(c1ccccc1)c1csc(NC(=O)NCC2CCCCC2)n1. The van der Waals surface area contributed by atoms with Crippen LogP contribution >= 0.6 is 11.3 Å². The van der Waals surface area contributed by atoms with Gasteiger partial charge in [-0.15, -0.1) is 11.3 Å². The van der Waals surface area contributed by atoms with E-state index in [1.165, 1.54) is 43.4 Å². The first kappa shape index (κ1) is 16.9. The highest BCUT2D eigenvalue weighted by Crippen LogP contribution is 2.24. The monoisotopic (exact) mass is 344 g/mol. The topological polar surface area (TPSA) is 80.0 Å². The lowest BCUT2D eigenvalue weighted by atomic mass is 9.89. The van der Waals surface area contributed by atoms with Crippen molar-refractivity contribution in [3.63, 3.8) is 0 Å². The van der Waals surface area contributed by atoms with Gasteiger partial charge in [0.15, 0.2) is 5.13 Å². The fourth-order valence-corrected chi connectivity index (χ4v) is 3.83. The van der Waals surface area contributed by atoms with Crippen molar-refractivity contribution in [3.8, 4) is 0 Å². The highest BCUT2D eigenvalue weighted by Gasteiger charge is 2.16. The molecule has 2 amide bonds. The van der Waals surface area contributed by atoms with Gasteiger partial charge in [-0.1, -0.05) is 49.6 Å². The van der Waals surface area contributed by atoms with Crippen molar-refractivity contribution in [2.45, 2.75) is 38.1 Å². The molecule has 1 aromatic heterocycles. The van der Waals surface area contributed by atoms with Gasteiger partial charge in [-0.05, 0) is 24.3 Å². The number of carbonyl (C=O) groups excluding carboxylic acids is 1. The van der Waals surface area contributed by atoms with E-state index in [0.717, 1.165) is 17.8 Å². The van der Waals surface area contributed by atoms with Crippen LogP contribution in [0.1, 0.15) is 49.4 Å². The van der Waals surface area contributed by atoms with E-state index in [0.29, 0.717) is 11.0 Å². The van der Waals surface area contributed by atoms with Crippen LogP contribution in [0.25, 0.3) is 0 Å². The molecule has 1 aromatic carbocycles. The Morgan fingerprint density at radius 2 is 2.00 bits per heavy atom. The summed E-state index contributed by atoms with van der Waals surface area (Å²) in [6.07, 6.45) is 6.32. The van der Waals surface area contributed by atoms with Crippen LogP contribution in [0.5, 0.6) is 0 Å². The summed E-state index contributed by atoms with van der Waals surface area (Å²) >= 11 is 1.40. The molecule has 128 valence electrons. The second kappa shape index (κ2) is 8.26. The zero-order valence-electron chi connectivity index (χ0n) is 13.7. The molecule has 1 aliphatic rings. The van der Waals surface area contributed by atoms with E-state index in [4.69, 9.17) is 5.73 Å². The summed E-state index contributed by atoms with van der Waals surface area (Å²) in [7, 11) is 0. The van der Waals surface area contributed by atoms with Gasteiger partial charge in [0.25, 0.3) is 0 Å². The third kappa shape index (κ3) is 4.55. The van der Waals surface area contributed by atoms with Gasteiger partial charge < -0.3 is 11.1 Å². The molecule has 0 spiro atoms. The Morgan fingerprint density at radius 3 is 2.75 bits per heavy atom. The molecule has 0 bridgehead atoms. The van der Waals surface area contributed by atoms with Gasteiger partial charge in [-0.25, -0.2) is 9.78 Å². The number of aromatic nitrogens is 1. The highest BCUT2D eigenvalue weighted by atomic mass is 32.1. The van der Waals surface area contributed by atoms with Crippen molar-refractivity contribution >= 4 is 22.5 Å². The van der Waals surface area contributed by atoms with Crippen LogP contribution in [-0.4, -0.2) is 17.6 Å². The van der Waals surface area contributed by atoms with E-state index in [1.54, 1.807) is 0 Å². The number of carbonyl (C=O) groups is 1. The maximum atomic E-state index is 12.0. The standard InChI is InChI=1S/C18H24N4OS/c19-16(14-9-5-2-6-10-14)15-12-24-18(21-15)22-17(23)20-11-13-7-3-1-4-8-13/h2,5-6,9-10,12-13,16H,1,3-4,7-8,11,19H2,(H2,20,21,22,23). The van der Waals surface area contributed by atoms with Crippen LogP contribution in [0.3, 0.4) is 0 Å². The van der Waals surface area contributed by atoms with Crippen LogP contribution < -0.4 is 16.4 Å². The van der Waals surface area contributed by atoms with Gasteiger partial charge >= 0.3 is 6.03 Å². The number of nitrogens with two attached hydrogens (primary N) is 1. The van der Waals surface area contributed by atoms with Gasteiger partial charge in [0.05, 0.1) is 11.7 Å². The molecule has 6 heteroatoms. The highest BCUT2D eigenvalue weighted by molar-refractivity contribution is 7.13. The third-order valence-electron chi connectivity index (χ3n) is 4.50. The first-order valence-corrected chi connectivity index (χ1v) is 9.41. The number of hydrogen-bond donors (Lipinski definition) is 3. The Labute approximate surface area is 146 Å². The van der Waals surface area contributed by atoms with Crippen molar-refractivity contribution in [1.29, 1.82) is 0 Å². The van der Waals surface area contributed by atoms with Gasteiger partial charge in [0.1, 0.15) is 0 Å². The van der Waals surface area contributed by atoms with E-state index < -0.39 is 0 Å². The Hall–Kier alpha value is -1.92. The summed E-state index contributed by atoms with van der Waals surface area (Å²) < 4.78 is 0. The zero-order chi connectivity index (χ0) is 16.8. The van der Waals surface area contributed by atoms with Gasteiger partial charge in [0.2, 0.25) is 0 Å². The number of benzene rings is 1. The number of rotatable bonds is 5. The first-order valence-electron chi connectivity index (χ1n) is 8.53. The van der Waals surface area contributed by atoms with Crippen LogP contribution in [-0.2, 0) is 0 Å². The second-order valence-corrected chi connectivity index (χ2v) is 7.16.